The molecule has 0 aliphatic carbocycles. The van der Waals surface area contributed by atoms with Crippen LogP contribution in [0.1, 0.15) is 25.8 Å². The van der Waals surface area contributed by atoms with Gasteiger partial charge in [0.25, 0.3) is 0 Å². The zero-order valence-corrected chi connectivity index (χ0v) is 16.0. The number of benzene rings is 2. The maximum absolute atomic E-state index is 11.4. The van der Waals surface area contributed by atoms with Gasteiger partial charge >= 0.3 is 0 Å². The molecule has 0 fully saturated rings. The average molecular weight is 388 g/mol. The fraction of sp³-hybridized carbons (Fsp3) is 0.211. The van der Waals surface area contributed by atoms with E-state index in [0.717, 1.165) is 11.9 Å². The largest absolute Gasteiger partial charge is 0.436 e. The van der Waals surface area contributed by atoms with Crippen molar-refractivity contribution in [1.29, 1.82) is 0 Å². The topological polar surface area (TPSA) is 67.2 Å². The Kier molecular flexibility index (Phi) is 5.54. The summed E-state index contributed by atoms with van der Waals surface area (Å²) >= 11 is 11.5. The van der Waals surface area contributed by atoms with Gasteiger partial charge in [0.15, 0.2) is 10.7 Å². The molecule has 1 amide bonds. The predicted octanol–water partition coefficient (Wildman–Crippen LogP) is 4.93. The van der Waals surface area contributed by atoms with E-state index in [2.05, 4.69) is 22.5 Å². The Morgan fingerprint density at radius 1 is 1.23 bits per heavy atom. The van der Waals surface area contributed by atoms with E-state index in [1.54, 1.807) is 25.1 Å². The van der Waals surface area contributed by atoms with E-state index < -0.39 is 0 Å². The molecule has 0 aliphatic rings. The number of carbonyl (C=O) groups excluding carboxylic acids is 1. The molecule has 3 aromatic rings. The molecule has 134 valence electrons. The van der Waals surface area contributed by atoms with Crippen LogP contribution in [0.4, 0.5) is 5.69 Å². The third-order valence-electron chi connectivity index (χ3n) is 3.89. The molecule has 2 aromatic carbocycles. The number of nitrogens with zero attached hydrogens (tertiary/aromatic N) is 1. The number of halogens is 1. The van der Waals surface area contributed by atoms with E-state index in [1.807, 2.05) is 18.2 Å². The third-order valence-corrected chi connectivity index (χ3v) is 4.42. The number of rotatable bonds is 4. The molecule has 0 bridgehead atoms. The monoisotopic (exact) mass is 387 g/mol. The minimum atomic E-state index is -0.151. The maximum atomic E-state index is 11.4. The van der Waals surface area contributed by atoms with Crippen LogP contribution in [-0.4, -0.2) is 16.0 Å². The molecule has 5 nitrogen and oxygen atoms in total. The second-order valence-corrected chi connectivity index (χ2v) is 6.54. The lowest BCUT2D eigenvalue weighted by molar-refractivity contribution is -0.119. The zero-order chi connectivity index (χ0) is 18.7. The molecule has 1 heterocycles. The first-order valence-corrected chi connectivity index (χ1v) is 9.09. The standard InChI is InChI=1S/C19H18ClN3O2S/c1-3-11-5-8-16-15(9-11)22-18(25-16)13-10-12(6-7-14(13)20)21-19(26)23-17(24)4-2/h5-10H,3-4H2,1-2H3,(H2,21,23,24,26). The molecule has 0 saturated carbocycles. The lowest BCUT2D eigenvalue weighted by atomic mass is 10.1. The van der Waals surface area contributed by atoms with Crippen molar-refractivity contribution in [2.45, 2.75) is 26.7 Å². The Morgan fingerprint density at radius 3 is 2.77 bits per heavy atom. The van der Waals surface area contributed by atoms with Crippen molar-refractivity contribution in [2.75, 3.05) is 5.32 Å². The number of anilines is 1. The van der Waals surface area contributed by atoms with Gasteiger partial charge in [-0.25, -0.2) is 4.98 Å². The first kappa shape index (κ1) is 18.4. The summed E-state index contributed by atoms with van der Waals surface area (Å²) in [6, 6.07) is 11.2. The Labute approximate surface area is 161 Å². The number of amides is 1. The van der Waals surface area contributed by atoms with E-state index in [9.17, 15) is 4.79 Å². The van der Waals surface area contributed by atoms with Gasteiger partial charge in [-0.15, -0.1) is 0 Å². The second-order valence-electron chi connectivity index (χ2n) is 5.73. The molecule has 2 N–H and O–H groups in total. The quantitative estimate of drug-likeness (QED) is 0.621. The lowest BCUT2D eigenvalue weighted by Gasteiger charge is -2.10. The highest BCUT2D eigenvalue weighted by Crippen LogP contribution is 2.32. The Hall–Kier alpha value is -2.44. The van der Waals surface area contributed by atoms with Gasteiger partial charge in [0.1, 0.15) is 5.52 Å². The Balaban J connectivity index is 1.90. The molecular weight excluding hydrogens is 370 g/mol. The normalized spacial score (nSPS) is 10.7. The Morgan fingerprint density at radius 2 is 2.04 bits per heavy atom. The first-order valence-electron chi connectivity index (χ1n) is 8.30. The van der Waals surface area contributed by atoms with E-state index in [0.29, 0.717) is 34.2 Å². The highest BCUT2D eigenvalue weighted by atomic mass is 35.5. The van der Waals surface area contributed by atoms with Gasteiger partial charge in [0.05, 0.1) is 10.6 Å². The number of hydrogen-bond acceptors (Lipinski definition) is 4. The van der Waals surface area contributed by atoms with Crippen LogP contribution in [0, 0.1) is 0 Å². The van der Waals surface area contributed by atoms with Crippen molar-refractivity contribution in [3.63, 3.8) is 0 Å². The minimum Gasteiger partial charge on any atom is -0.436 e. The van der Waals surface area contributed by atoms with E-state index in [-0.39, 0.29) is 11.0 Å². The Bertz CT molecular complexity index is 984. The van der Waals surface area contributed by atoms with Crippen molar-refractivity contribution < 1.29 is 9.21 Å². The third kappa shape index (κ3) is 4.03. The predicted molar refractivity (Wildman–Crippen MR) is 108 cm³/mol. The molecule has 0 atom stereocenters. The van der Waals surface area contributed by atoms with Crippen LogP contribution in [0.5, 0.6) is 0 Å². The molecule has 0 aliphatic heterocycles. The van der Waals surface area contributed by atoms with Crippen LogP contribution >= 0.6 is 23.8 Å². The molecule has 7 heteroatoms. The number of aryl methyl sites for hydroxylation is 1. The van der Waals surface area contributed by atoms with Crippen molar-refractivity contribution in [3.05, 3.63) is 47.0 Å². The number of hydrogen-bond donors (Lipinski definition) is 2. The van der Waals surface area contributed by atoms with Crippen molar-refractivity contribution in [2.24, 2.45) is 0 Å². The fourth-order valence-corrected chi connectivity index (χ4v) is 2.88. The molecule has 0 unspecified atom stereocenters. The van der Waals surface area contributed by atoms with Gasteiger partial charge in [0, 0.05) is 12.1 Å². The van der Waals surface area contributed by atoms with Crippen LogP contribution < -0.4 is 10.6 Å². The molecular formula is C19H18ClN3O2S. The van der Waals surface area contributed by atoms with Crippen LogP contribution in [0.2, 0.25) is 5.02 Å². The maximum Gasteiger partial charge on any atom is 0.228 e. The number of oxazole rings is 1. The number of carbonyl (C=O) groups is 1. The summed E-state index contributed by atoms with van der Waals surface area (Å²) in [7, 11) is 0. The van der Waals surface area contributed by atoms with Crippen LogP contribution in [0.3, 0.4) is 0 Å². The summed E-state index contributed by atoms with van der Waals surface area (Å²) < 4.78 is 5.85. The molecule has 26 heavy (non-hydrogen) atoms. The van der Waals surface area contributed by atoms with Gasteiger partial charge in [-0.05, 0) is 54.5 Å². The smallest absolute Gasteiger partial charge is 0.228 e. The SMILES string of the molecule is CCC(=O)NC(=S)Nc1ccc(Cl)c(-c2nc3cc(CC)ccc3o2)c1. The molecule has 1 aromatic heterocycles. The number of aromatic nitrogens is 1. The van der Waals surface area contributed by atoms with Gasteiger partial charge < -0.3 is 15.1 Å². The molecule has 0 saturated heterocycles. The summed E-state index contributed by atoms with van der Waals surface area (Å²) in [5.41, 5.74) is 4.02. The lowest BCUT2D eigenvalue weighted by Crippen LogP contribution is -2.33. The summed E-state index contributed by atoms with van der Waals surface area (Å²) in [6.07, 6.45) is 1.29. The zero-order valence-electron chi connectivity index (χ0n) is 14.4. The summed E-state index contributed by atoms with van der Waals surface area (Å²) in [5.74, 6) is 0.285. The van der Waals surface area contributed by atoms with Gasteiger partial charge in [-0.2, -0.15) is 0 Å². The van der Waals surface area contributed by atoms with Crippen LogP contribution in [0.15, 0.2) is 40.8 Å². The summed E-state index contributed by atoms with van der Waals surface area (Å²) in [6.45, 7) is 3.85. The van der Waals surface area contributed by atoms with Crippen molar-refractivity contribution >= 4 is 51.6 Å². The van der Waals surface area contributed by atoms with Crippen molar-refractivity contribution in [1.82, 2.24) is 10.3 Å². The van der Waals surface area contributed by atoms with Gasteiger partial charge in [-0.1, -0.05) is 31.5 Å². The number of nitrogens with one attached hydrogen (secondary N) is 2. The first-order chi connectivity index (χ1) is 12.5. The van der Waals surface area contributed by atoms with E-state index in [1.165, 1.54) is 5.56 Å². The van der Waals surface area contributed by atoms with Crippen LogP contribution in [0.25, 0.3) is 22.6 Å². The second kappa shape index (κ2) is 7.85. The fourth-order valence-electron chi connectivity index (χ4n) is 2.45. The molecule has 3 rings (SSSR count). The molecule has 0 radical (unpaired) electrons. The van der Waals surface area contributed by atoms with Gasteiger partial charge in [0.2, 0.25) is 11.8 Å². The molecule has 0 spiro atoms. The van der Waals surface area contributed by atoms with E-state index in [4.69, 9.17) is 28.2 Å². The van der Waals surface area contributed by atoms with Crippen molar-refractivity contribution in [3.8, 4) is 11.5 Å². The summed E-state index contributed by atoms with van der Waals surface area (Å²) in [5, 5.41) is 6.31. The minimum absolute atomic E-state index is 0.151. The highest BCUT2D eigenvalue weighted by molar-refractivity contribution is 7.80. The number of thiocarbonyl (C=S) groups is 1. The average Bonchev–Trinajstić information content (AvgIpc) is 3.05. The van der Waals surface area contributed by atoms with Gasteiger partial charge in [-0.3, -0.25) is 4.79 Å². The number of fused-ring (bicyclic) bond motifs is 1. The van der Waals surface area contributed by atoms with E-state index >= 15 is 0 Å². The van der Waals surface area contributed by atoms with Crippen LogP contribution in [-0.2, 0) is 11.2 Å². The summed E-state index contributed by atoms with van der Waals surface area (Å²) in [4.78, 5) is 16.0. The highest BCUT2D eigenvalue weighted by Gasteiger charge is 2.13.